The molecule has 4 atom stereocenters. The van der Waals surface area contributed by atoms with Gasteiger partial charge in [0.25, 0.3) is 0 Å². The second kappa shape index (κ2) is 11.0. The largest absolute Gasteiger partial charge is 0.504 e. The molecule has 0 saturated heterocycles. The molecule has 4 unspecified atom stereocenters. The molecular weight excluding hydrogens is 548 g/mol. The fraction of sp³-hybridized carbons (Fsp3) is 0.355. The second-order valence-electron chi connectivity index (χ2n) is 10.2. The molecule has 11 heteroatoms. The van der Waals surface area contributed by atoms with Gasteiger partial charge in [0.05, 0.1) is 26.9 Å². The number of phenolic OH excluding ortho intramolecular Hbond substituents is 1. The van der Waals surface area contributed by atoms with Crippen molar-refractivity contribution in [1.82, 2.24) is 0 Å². The number of methoxy groups -OCH3 is 3. The highest BCUT2D eigenvalue weighted by molar-refractivity contribution is 5.91. The number of rotatable bonds is 6. The van der Waals surface area contributed by atoms with E-state index in [1.807, 2.05) is 0 Å². The van der Waals surface area contributed by atoms with Gasteiger partial charge in [-0.05, 0) is 31.2 Å². The number of hydrogen-bond acceptors (Lipinski definition) is 11. The van der Waals surface area contributed by atoms with E-state index in [0.29, 0.717) is 11.3 Å². The number of fused-ring (bicyclic) bond motifs is 4. The van der Waals surface area contributed by atoms with Crippen molar-refractivity contribution in [3.8, 4) is 45.6 Å². The van der Waals surface area contributed by atoms with Gasteiger partial charge in [-0.15, -0.1) is 0 Å². The minimum Gasteiger partial charge on any atom is -0.504 e. The van der Waals surface area contributed by atoms with E-state index in [2.05, 4.69) is 0 Å². The topological polar surface area (TPSA) is 139 Å². The summed E-state index contributed by atoms with van der Waals surface area (Å²) in [5.74, 6) is -1.78. The van der Waals surface area contributed by atoms with Gasteiger partial charge in [0.2, 0.25) is 18.3 Å². The van der Waals surface area contributed by atoms with Crippen molar-refractivity contribution in [1.29, 1.82) is 0 Å². The summed E-state index contributed by atoms with van der Waals surface area (Å²) < 4.78 is 40.1. The van der Waals surface area contributed by atoms with Gasteiger partial charge in [0.15, 0.2) is 29.1 Å². The SMILES string of the molecule is COc1cc2c(c(O)c1OC)-c1c(cc3c(c1OC)OCO3)C(OC(C)=O)C(C)C(C)(O)C2OC(=O)c1ccccc1. The molecule has 2 aliphatic rings. The van der Waals surface area contributed by atoms with Gasteiger partial charge in [0.1, 0.15) is 11.7 Å². The molecule has 1 aliphatic carbocycles. The Morgan fingerprint density at radius 1 is 0.929 bits per heavy atom. The van der Waals surface area contributed by atoms with E-state index in [1.165, 1.54) is 41.2 Å². The van der Waals surface area contributed by atoms with Crippen molar-refractivity contribution < 1.29 is 53.0 Å². The first-order valence-corrected chi connectivity index (χ1v) is 13.2. The Morgan fingerprint density at radius 2 is 1.62 bits per heavy atom. The predicted molar refractivity (Wildman–Crippen MR) is 148 cm³/mol. The van der Waals surface area contributed by atoms with E-state index in [9.17, 15) is 19.8 Å². The van der Waals surface area contributed by atoms with Crippen molar-refractivity contribution in [3.05, 3.63) is 59.2 Å². The molecule has 0 aromatic heterocycles. The van der Waals surface area contributed by atoms with Crippen molar-refractivity contribution in [2.75, 3.05) is 28.1 Å². The number of aromatic hydroxyl groups is 1. The minimum atomic E-state index is -1.88. The van der Waals surface area contributed by atoms with E-state index in [4.69, 9.17) is 33.2 Å². The molecule has 0 fully saturated rings. The molecule has 0 amide bonds. The summed E-state index contributed by atoms with van der Waals surface area (Å²) in [5, 5.41) is 24.0. The van der Waals surface area contributed by atoms with Crippen molar-refractivity contribution in [2.45, 2.75) is 38.6 Å². The first-order valence-electron chi connectivity index (χ1n) is 13.2. The summed E-state index contributed by atoms with van der Waals surface area (Å²) in [7, 11) is 4.17. The molecule has 2 N–H and O–H groups in total. The Morgan fingerprint density at radius 3 is 2.24 bits per heavy atom. The quantitative estimate of drug-likeness (QED) is 0.392. The standard InChI is InChI=1S/C31H32O11/c1-15-25(41-16(2)32)18-12-21-27(40-14-39-21)28(38-6)23(18)22-19(13-20(36-4)26(37-5)24(22)33)29(31(15,3)35)42-30(34)17-10-8-7-9-11-17/h7-13,15,25,29,33,35H,14H2,1-6H3. The Balaban J connectivity index is 1.91. The lowest BCUT2D eigenvalue weighted by Gasteiger charge is -2.43. The molecule has 0 saturated carbocycles. The smallest absolute Gasteiger partial charge is 0.338 e. The van der Waals surface area contributed by atoms with E-state index in [0.717, 1.165) is 0 Å². The van der Waals surface area contributed by atoms with Crippen LogP contribution in [0.1, 0.15) is 54.5 Å². The maximum absolute atomic E-state index is 13.5. The van der Waals surface area contributed by atoms with Crippen LogP contribution >= 0.6 is 0 Å². The van der Waals surface area contributed by atoms with E-state index in [1.54, 1.807) is 43.3 Å². The molecule has 222 valence electrons. The number of aliphatic hydroxyl groups is 1. The number of benzene rings is 3. The van der Waals surface area contributed by atoms with Gasteiger partial charge < -0.3 is 43.4 Å². The lowest BCUT2D eigenvalue weighted by Crippen LogP contribution is -2.46. The van der Waals surface area contributed by atoms with Gasteiger partial charge in [-0.3, -0.25) is 4.79 Å². The number of ether oxygens (including phenoxy) is 7. The lowest BCUT2D eigenvalue weighted by atomic mass is 9.71. The van der Waals surface area contributed by atoms with Crippen molar-refractivity contribution in [3.63, 3.8) is 0 Å². The van der Waals surface area contributed by atoms with Crippen molar-refractivity contribution >= 4 is 11.9 Å². The summed E-state index contributed by atoms with van der Waals surface area (Å²) in [6.07, 6.45) is -2.53. The maximum atomic E-state index is 13.5. The van der Waals surface area contributed by atoms with E-state index in [-0.39, 0.29) is 52.0 Å². The van der Waals surface area contributed by atoms with Gasteiger partial charge in [-0.1, -0.05) is 25.1 Å². The zero-order valence-corrected chi connectivity index (χ0v) is 24.0. The molecule has 1 aliphatic heterocycles. The molecule has 5 rings (SSSR count). The first kappa shape index (κ1) is 28.9. The summed E-state index contributed by atoms with van der Waals surface area (Å²) in [5.41, 5.74) is -0.738. The fourth-order valence-electron chi connectivity index (χ4n) is 5.58. The monoisotopic (exact) mass is 580 g/mol. The van der Waals surface area contributed by atoms with Crippen LogP contribution in [0.15, 0.2) is 42.5 Å². The molecule has 0 bridgehead atoms. The number of hydrogen-bond donors (Lipinski definition) is 2. The number of esters is 2. The molecule has 11 nitrogen and oxygen atoms in total. The average molecular weight is 581 g/mol. The summed E-state index contributed by atoms with van der Waals surface area (Å²) in [4.78, 5) is 25.9. The molecule has 0 radical (unpaired) electrons. The summed E-state index contributed by atoms with van der Waals surface area (Å²) in [6, 6.07) is 11.4. The third-order valence-electron chi connectivity index (χ3n) is 7.80. The van der Waals surface area contributed by atoms with Crippen LogP contribution in [-0.2, 0) is 14.3 Å². The predicted octanol–water partition coefficient (Wildman–Crippen LogP) is 4.72. The second-order valence-corrected chi connectivity index (χ2v) is 10.2. The first-order chi connectivity index (χ1) is 20.0. The third-order valence-corrected chi connectivity index (χ3v) is 7.80. The van der Waals surface area contributed by atoms with Crippen LogP contribution in [0, 0.1) is 5.92 Å². The Hall–Kier alpha value is -4.64. The van der Waals surface area contributed by atoms with Crippen LogP contribution in [-0.4, -0.2) is 55.9 Å². The minimum absolute atomic E-state index is 0.0210. The zero-order valence-electron chi connectivity index (χ0n) is 24.0. The van der Waals surface area contributed by atoms with Gasteiger partial charge >= 0.3 is 11.9 Å². The number of phenols is 1. The van der Waals surface area contributed by atoms with E-state index >= 15 is 0 Å². The lowest BCUT2D eigenvalue weighted by molar-refractivity contribution is -0.166. The zero-order chi connectivity index (χ0) is 30.3. The highest BCUT2D eigenvalue weighted by Crippen LogP contribution is 2.61. The van der Waals surface area contributed by atoms with Gasteiger partial charge in [0, 0.05) is 35.1 Å². The summed E-state index contributed by atoms with van der Waals surface area (Å²) >= 11 is 0. The van der Waals surface area contributed by atoms with Crippen LogP contribution < -0.4 is 23.7 Å². The van der Waals surface area contributed by atoms with Gasteiger partial charge in [-0.25, -0.2) is 4.79 Å². The van der Waals surface area contributed by atoms with Crippen LogP contribution in [0.3, 0.4) is 0 Å². The highest BCUT2D eigenvalue weighted by atomic mass is 16.7. The van der Waals surface area contributed by atoms with Crippen LogP contribution in [0.25, 0.3) is 11.1 Å². The van der Waals surface area contributed by atoms with Crippen molar-refractivity contribution in [2.24, 2.45) is 5.92 Å². The summed E-state index contributed by atoms with van der Waals surface area (Å²) in [6.45, 7) is 4.30. The number of carbonyl (C=O) groups excluding carboxylic acids is 2. The van der Waals surface area contributed by atoms with E-state index < -0.39 is 41.4 Å². The number of carbonyl (C=O) groups is 2. The van der Waals surface area contributed by atoms with Crippen LogP contribution in [0.5, 0.6) is 34.5 Å². The fourth-order valence-corrected chi connectivity index (χ4v) is 5.58. The third kappa shape index (κ3) is 4.59. The average Bonchev–Trinajstić information content (AvgIpc) is 3.45. The molecule has 3 aromatic rings. The molecule has 42 heavy (non-hydrogen) atoms. The maximum Gasteiger partial charge on any atom is 0.338 e. The van der Waals surface area contributed by atoms with Crippen LogP contribution in [0.4, 0.5) is 0 Å². The highest BCUT2D eigenvalue weighted by Gasteiger charge is 2.51. The Bertz CT molecular complexity index is 1530. The Kier molecular flexibility index (Phi) is 7.55. The van der Waals surface area contributed by atoms with Crippen LogP contribution in [0.2, 0.25) is 0 Å². The molecule has 3 aromatic carbocycles. The molecule has 1 heterocycles. The van der Waals surface area contributed by atoms with Gasteiger partial charge in [-0.2, -0.15) is 0 Å². The Labute approximate surface area is 242 Å². The molecule has 0 spiro atoms. The normalized spacial score (nSPS) is 22.1. The molecular formula is C31H32O11.